The van der Waals surface area contributed by atoms with Gasteiger partial charge in [-0.15, -0.1) is 11.8 Å². The Morgan fingerprint density at radius 3 is 1.97 bits per heavy atom. The highest BCUT2D eigenvalue weighted by Crippen LogP contribution is 2.21. The SMILES string of the molecule is CCCCCCCC(=O)N1CCN(c2ccc(NC(=O)Nc3ccc(SC)cc3)cc2)CC1. The molecular formula is C26H36N4O2S. The average Bonchev–Trinajstić information content (AvgIpc) is 2.85. The zero-order chi connectivity index (χ0) is 23.5. The smallest absolute Gasteiger partial charge is 0.323 e. The van der Waals surface area contributed by atoms with E-state index in [1.54, 1.807) is 11.8 Å². The van der Waals surface area contributed by atoms with Gasteiger partial charge in [0.2, 0.25) is 5.91 Å². The average molecular weight is 469 g/mol. The number of nitrogens with zero attached hydrogens (tertiary/aromatic N) is 2. The number of carbonyl (C=O) groups is 2. The topological polar surface area (TPSA) is 64.7 Å². The van der Waals surface area contributed by atoms with Crippen LogP contribution in [0.15, 0.2) is 53.4 Å². The van der Waals surface area contributed by atoms with E-state index in [1.165, 1.54) is 19.3 Å². The number of nitrogens with one attached hydrogen (secondary N) is 2. The van der Waals surface area contributed by atoms with Crippen molar-refractivity contribution in [2.45, 2.75) is 50.3 Å². The Morgan fingerprint density at radius 2 is 1.39 bits per heavy atom. The molecule has 0 unspecified atom stereocenters. The highest BCUT2D eigenvalue weighted by Gasteiger charge is 2.20. The van der Waals surface area contributed by atoms with Crippen molar-refractivity contribution in [3.8, 4) is 0 Å². The Bertz CT molecular complexity index is 878. The summed E-state index contributed by atoms with van der Waals surface area (Å²) in [5.41, 5.74) is 2.62. The number of piperazine rings is 1. The summed E-state index contributed by atoms with van der Waals surface area (Å²) in [4.78, 5) is 30.2. The quantitative estimate of drug-likeness (QED) is 0.328. The molecule has 1 aliphatic rings. The molecule has 3 amide bonds. The van der Waals surface area contributed by atoms with Crippen molar-refractivity contribution in [3.05, 3.63) is 48.5 Å². The molecule has 1 fully saturated rings. The molecule has 7 heteroatoms. The molecule has 6 nitrogen and oxygen atoms in total. The summed E-state index contributed by atoms with van der Waals surface area (Å²) >= 11 is 1.67. The number of urea groups is 1. The largest absolute Gasteiger partial charge is 0.368 e. The Labute approximate surface area is 202 Å². The fourth-order valence-corrected chi connectivity index (χ4v) is 4.38. The van der Waals surface area contributed by atoms with E-state index < -0.39 is 0 Å². The molecule has 1 saturated heterocycles. The Hall–Kier alpha value is -2.67. The van der Waals surface area contributed by atoms with E-state index in [-0.39, 0.29) is 6.03 Å². The second kappa shape index (κ2) is 13.1. The van der Waals surface area contributed by atoms with Crippen molar-refractivity contribution in [1.82, 2.24) is 4.90 Å². The van der Waals surface area contributed by atoms with E-state index >= 15 is 0 Å². The number of hydrogen-bond acceptors (Lipinski definition) is 4. The molecule has 178 valence electrons. The predicted molar refractivity (Wildman–Crippen MR) is 139 cm³/mol. The van der Waals surface area contributed by atoms with E-state index in [0.717, 1.165) is 61.0 Å². The summed E-state index contributed by atoms with van der Waals surface area (Å²) in [5.74, 6) is 0.291. The molecule has 0 spiro atoms. The fraction of sp³-hybridized carbons (Fsp3) is 0.462. The molecule has 0 aromatic heterocycles. The molecule has 0 atom stereocenters. The molecule has 2 N–H and O–H groups in total. The minimum absolute atomic E-state index is 0.263. The lowest BCUT2D eigenvalue weighted by atomic mass is 10.1. The van der Waals surface area contributed by atoms with Gasteiger partial charge in [-0.1, -0.05) is 32.6 Å². The second-order valence-electron chi connectivity index (χ2n) is 8.39. The summed E-state index contributed by atoms with van der Waals surface area (Å²) in [7, 11) is 0. The lowest BCUT2D eigenvalue weighted by molar-refractivity contribution is -0.131. The number of benzene rings is 2. The van der Waals surface area contributed by atoms with Crippen molar-refractivity contribution >= 4 is 40.8 Å². The first-order chi connectivity index (χ1) is 16.1. The molecule has 2 aromatic rings. The van der Waals surface area contributed by atoms with Gasteiger partial charge in [-0.05, 0) is 61.2 Å². The van der Waals surface area contributed by atoms with Crippen LogP contribution >= 0.6 is 11.8 Å². The number of hydrogen-bond donors (Lipinski definition) is 2. The van der Waals surface area contributed by atoms with Crippen LogP contribution in [0.1, 0.15) is 45.4 Å². The molecule has 0 bridgehead atoms. The predicted octanol–water partition coefficient (Wildman–Crippen LogP) is 6.06. The molecule has 0 aliphatic carbocycles. The van der Waals surface area contributed by atoms with Crippen molar-refractivity contribution < 1.29 is 9.59 Å². The fourth-order valence-electron chi connectivity index (χ4n) is 3.98. The minimum atomic E-state index is -0.263. The maximum atomic E-state index is 12.4. The highest BCUT2D eigenvalue weighted by molar-refractivity contribution is 7.98. The lowest BCUT2D eigenvalue weighted by Gasteiger charge is -2.36. The zero-order valence-corrected chi connectivity index (χ0v) is 20.6. The summed E-state index contributed by atoms with van der Waals surface area (Å²) in [5, 5.41) is 5.73. The van der Waals surface area contributed by atoms with E-state index in [2.05, 4.69) is 22.5 Å². The van der Waals surface area contributed by atoms with Gasteiger partial charge in [-0.2, -0.15) is 0 Å². The molecular weight excluding hydrogens is 432 g/mol. The Kier molecular flexibility index (Phi) is 9.94. The van der Waals surface area contributed by atoms with Crippen LogP contribution in [-0.4, -0.2) is 49.3 Å². The van der Waals surface area contributed by atoms with Gasteiger partial charge in [0.05, 0.1) is 0 Å². The van der Waals surface area contributed by atoms with Gasteiger partial charge in [0.15, 0.2) is 0 Å². The van der Waals surface area contributed by atoms with E-state index in [4.69, 9.17) is 0 Å². The van der Waals surface area contributed by atoms with Gasteiger partial charge in [0, 0.05) is 54.6 Å². The van der Waals surface area contributed by atoms with Crippen LogP contribution < -0.4 is 15.5 Å². The third kappa shape index (κ3) is 8.00. The van der Waals surface area contributed by atoms with Crippen molar-refractivity contribution in [2.75, 3.05) is 48.0 Å². The highest BCUT2D eigenvalue weighted by atomic mass is 32.2. The Morgan fingerprint density at radius 1 is 0.818 bits per heavy atom. The summed E-state index contributed by atoms with van der Waals surface area (Å²) in [6, 6.07) is 15.4. The van der Waals surface area contributed by atoms with Crippen LogP contribution in [0.2, 0.25) is 0 Å². The van der Waals surface area contributed by atoms with Crippen LogP contribution in [0.25, 0.3) is 0 Å². The van der Waals surface area contributed by atoms with Gasteiger partial charge >= 0.3 is 6.03 Å². The molecule has 0 saturated carbocycles. The standard InChI is InChI=1S/C26H36N4O2S/c1-3-4-5-6-7-8-25(31)30-19-17-29(18-20-30)23-13-9-21(10-14-23)27-26(32)28-22-11-15-24(33-2)16-12-22/h9-16H,3-8,17-20H2,1-2H3,(H2,27,28,32). The normalized spacial score (nSPS) is 13.6. The summed E-state index contributed by atoms with van der Waals surface area (Å²) in [6.07, 6.45) is 8.58. The van der Waals surface area contributed by atoms with Gasteiger partial charge < -0.3 is 20.4 Å². The van der Waals surface area contributed by atoms with Crippen LogP contribution in [-0.2, 0) is 4.79 Å². The zero-order valence-electron chi connectivity index (χ0n) is 19.8. The second-order valence-corrected chi connectivity index (χ2v) is 9.27. The molecule has 1 aliphatic heterocycles. The van der Waals surface area contributed by atoms with Crippen LogP contribution in [0, 0.1) is 0 Å². The number of carbonyl (C=O) groups excluding carboxylic acids is 2. The van der Waals surface area contributed by atoms with E-state index in [1.807, 2.05) is 59.7 Å². The third-order valence-corrected chi connectivity index (χ3v) is 6.71. The first-order valence-electron chi connectivity index (χ1n) is 11.9. The van der Waals surface area contributed by atoms with Crippen molar-refractivity contribution in [3.63, 3.8) is 0 Å². The maximum Gasteiger partial charge on any atom is 0.323 e. The number of amides is 3. The van der Waals surface area contributed by atoms with Crippen molar-refractivity contribution in [1.29, 1.82) is 0 Å². The van der Waals surface area contributed by atoms with Gasteiger partial charge in [0.1, 0.15) is 0 Å². The third-order valence-electron chi connectivity index (χ3n) is 5.96. The van der Waals surface area contributed by atoms with E-state index in [0.29, 0.717) is 12.3 Å². The van der Waals surface area contributed by atoms with Gasteiger partial charge in [0.25, 0.3) is 0 Å². The summed E-state index contributed by atoms with van der Waals surface area (Å²) in [6.45, 7) is 5.41. The number of unbranched alkanes of at least 4 members (excludes halogenated alkanes) is 4. The minimum Gasteiger partial charge on any atom is -0.368 e. The summed E-state index contributed by atoms with van der Waals surface area (Å²) < 4.78 is 0. The molecule has 2 aromatic carbocycles. The van der Waals surface area contributed by atoms with Crippen molar-refractivity contribution in [2.24, 2.45) is 0 Å². The molecule has 0 radical (unpaired) electrons. The van der Waals surface area contributed by atoms with Crippen LogP contribution in [0.4, 0.5) is 21.9 Å². The van der Waals surface area contributed by atoms with Gasteiger partial charge in [-0.3, -0.25) is 4.79 Å². The Balaban J connectivity index is 1.41. The number of thioether (sulfide) groups is 1. The first-order valence-corrected chi connectivity index (χ1v) is 13.2. The molecule has 33 heavy (non-hydrogen) atoms. The van der Waals surface area contributed by atoms with Crippen LogP contribution in [0.5, 0.6) is 0 Å². The van der Waals surface area contributed by atoms with E-state index in [9.17, 15) is 9.59 Å². The monoisotopic (exact) mass is 468 g/mol. The molecule has 1 heterocycles. The maximum absolute atomic E-state index is 12.4. The number of rotatable bonds is 10. The van der Waals surface area contributed by atoms with Crippen LogP contribution in [0.3, 0.4) is 0 Å². The molecule has 3 rings (SSSR count). The number of anilines is 3. The lowest BCUT2D eigenvalue weighted by Crippen LogP contribution is -2.48. The first kappa shape index (κ1) is 25.0. The van der Waals surface area contributed by atoms with Gasteiger partial charge in [-0.25, -0.2) is 4.79 Å².